The smallest absolute Gasteiger partial charge is 0.144 e. The Morgan fingerprint density at radius 3 is 2.84 bits per heavy atom. The molecule has 31 heavy (non-hydrogen) atoms. The predicted octanol–water partition coefficient (Wildman–Crippen LogP) is 3.77. The number of imidazole rings is 1. The molecule has 2 fully saturated rings. The molecule has 1 N–H and O–H groups in total. The lowest BCUT2D eigenvalue weighted by atomic mass is 10.0. The van der Waals surface area contributed by atoms with Crippen LogP contribution in [0.15, 0.2) is 30.5 Å². The molecule has 2 saturated heterocycles. The Kier molecular flexibility index (Phi) is 4.43. The summed E-state index contributed by atoms with van der Waals surface area (Å²) in [6.45, 7) is 6.95. The maximum Gasteiger partial charge on any atom is 0.144 e. The van der Waals surface area contributed by atoms with E-state index in [2.05, 4.69) is 34.7 Å². The van der Waals surface area contributed by atoms with Crippen LogP contribution in [0.4, 0.5) is 5.82 Å². The third kappa shape index (κ3) is 2.94. The van der Waals surface area contributed by atoms with E-state index in [-0.39, 0.29) is 13.6 Å². The van der Waals surface area contributed by atoms with Gasteiger partial charge in [0, 0.05) is 43.9 Å². The highest BCUT2D eigenvalue weighted by atomic mass is 16.5. The topological polar surface area (TPSA) is 64.4 Å². The molecule has 5 heterocycles. The number of hydrogen-bond acceptors (Lipinski definition) is 6. The molecule has 3 aromatic rings. The Hall–Kier alpha value is -2.64. The van der Waals surface area contributed by atoms with Crippen LogP contribution < -0.4 is 15.0 Å². The van der Waals surface area contributed by atoms with Crippen molar-refractivity contribution >= 4 is 16.9 Å². The fourth-order valence-electron chi connectivity index (χ4n) is 5.58. The fraction of sp³-hybridized carbons (Fsp3) is 0.500. The molecule has 3 aliphatic heterocycles. The van der Waals surface area contributed by atoms with Crippen molar-refractivity contribution in [1.82, 2.24) is 19.9 Å². The minimum Gasteiger partial charge on any atom is -0.494 e. The van der Waals surface area contributed by atoms with Crippen molar-refractivity contribution in [2.75, 3.05) is 25.1 Å². The molecule has 1 aromatic carbocycles. The molecule has 6 rings (SSSR count). The van der Waals surface area contributed by atoms with Gasteiger partial charge in [0.25, 0.3) is 0 Å². The van der Waals surface area contributed by atoms with Gasteiger partial charge in [-0.05, 0) is 44.9 Å². The maximum absolute atomic E-state index is 6.65. The molecule has 2 aromatic heterocycles. The Balaban J connectivity index is 0.00000216. The lowest BCUT2D eigenvalue weighted by molar-refractivity contribution is -0.0451. The van der Waals surface area contributed by atoms with Gasteiger partial charge in [-0.25, -0.2) is 9.97 Å². The van der Waals surface area contributed by atoms with Crippen LogP contribution in [0.1, 0.15) is 39.8 Å². The monoisotopic (exact) mass is 421 g/mol. The molecule has 4 bridgehead atoms. The summed E-state index contributed by atoms with van der Waals surface area (Å²) >= 11 is 0. The van der Waals surface area contributed by atoms with Crippen molar-refractivity contribution in [1.29, 1.82) is 0 Å². The van der Waals surface area contributed by atoms with E-state index < -0.39 is 0 Å². The van der Waals surface area contributed by atoms with Gasteiger partial charge in [-0.2, -0.15) is 0 Å². The summed E-state index contributed by atoms with van der Waals surface area (Å²) in [5.74, 6) is 2.83. The largest absolute Gasteiger partial charge is 0.494 e. The van der Waals surface area contributed by atoms with E-state index in [4.69, 9.17) is 19.4 Å². The molecular formula is C24H31N5O2. The number of anilines is 1. The van der Waals surface area contributed by atoms with Gasteiger partial charge in [-0.1, -0.05) is 6.07 Å². The van der Waals surface area contributed by atoms with Crippen LogP contribution in [0.3, 0.4) is 0 Å². The minimum atomic E-state index is -0.0148. The van der Waals surface area contributed by atoms with Gasteiger partial charge in [0.1, 0.15) is 22.9 Å². The summed E-state index contributed by atoms with van der Waals surface area (Å²) < 4.78 is 14.6. The van der Waals surface area contributed by atoms with Gasteiger partial charge in [0.05, 0.1) is 31.4 Å². The van der Waals surface area contributed by atoms with Crippen molar-refractivity contribution in [3.63, 3.8) is 0 Å². The molecule has 164 valence electrons. The average molecular weight is 422 g/mol. The van der Waals surface area contributed by atoms with E-state index in [0.29, 0.717) is 12.1 Å². The molecule has 1 unspecified atom stereocenters. The van der Waals surface area contributed by atoms with Crippen LogP contribution in [-0.4, -0.2) is 52.9 Å². The molecule has 0 spiro atoms. The lowest BCUT2D eigenvalue weighted by Crippen LogP contribution is -2.43. The first-order chi connectivity index (χ1) is 15.1. The number of rotatable bonds is 2. The normalized spacial score (nSPS) is 27.5. The lowest BCUT2D eigenvalue weighted by Gasteiger charge is -2.35. The van der Waals surface area contributed by atoms with Crippen LogP contribution in [0.25, 0.3) is 22.4 Å². The summed E-state index contributed by atoms with van der Waals surface area (Å²) in [6.07, 6.45) is 4.43. The third-order valence-corrected chi connectivity index (χ3v) is 7.09. The summed E-state index contributed by atoms with van der Waals surface area (Å²) in [7, 11) is 1.71. The quantitative estimate of drug-likeness (QED) is 0.680. The van der Waals surface area contributed by atoms with Crippen LogP contribution in [0.5, 0.6) is 5.75 Å². The Morgan fingerprint density at radius 2 is 2.03 bits per heavy atom. The Labute approximate surface area is 183 Å². The maximum atomic E-state index is 6.65. The number of hydrogen-bond donors (Lipinski definition) is 1. The summed E-state index contributed by atoms with van der Waals surface area (Å²) in [5, 5.41) is 3.59. The number of benzene rings is 1. The minimum absolute atomic E-state index is 0. The van der Waals surface area contributed by atoms with Crippen molar-refractivity contribution in [3.05, 3.63) is 36.0 Å². The van der Waals surface area contributed by atoms with E-state index in [1.165, 1.54) is 18.4 Å². The number of nitrogens with zero attached hydrogens (tertiary/aromatic N) is 4. The van der Waals surface area contributed by atoms with E-state index in [9.17, 15) is 0 Å². The first kappa shape index (κ1) is 19.1. The second-order valence-corrected chi connectivity index (χ2v) is 9.10. The fourth-order valence-corrected chi connectivity index (χ4v) is 5.58. The molecule has 4 atom stereocenters. The number of para-hydroxylation sites is 1. The van der Waals surface area contributed by atoms with E-state index in [0.717, 1.165) is 53.6 Å². The summed E-state index contributed by atoms with van der Waals surface area (Å²) in [4.78, 5) is 12.5. The van der Waals surface area contributed by atoms with Crippen LogP contribution in [0, 0.1) is 0 Å². The number of nitrogens with one attached hydrogen (secondary N) is 1. The molecule has 7 nitrogen and oxygen atoms in total. The molecule has 0 aliphatic carbocycles. The highest BCUT2D eigenvalue weighted by Crippen LogP contribution is 2.40. The molecule has 0 saturated carbocycles. The average Bonchev–Trinajstić information content (AvgIpc) is 3.33. The standard InChI is InChI=1S/C24H29N5O2.H2/c1-14-7-8-15(2)29(14)24-18-9-16(10-26-24)23-27-19-5-4-6-20(30-3)22(19)28(23)13-17-11-25-12-21(18)31-17;/h4-6,9-10,14-15,17,21,25H,7-8,11-13H2,1-3H3;1H/t14-,15-,17?,21+;/m0./s1. The van der Waals surface area contributed by atoms with E-state index >= 15 is 0 Å². The predicted molar refractivity (Wildman–Crippen MR) is 123 cm³/mol. The zero-order valence-corrected chi connectivity index (χ0v) is 18.3. The Morgan fingerprint density at radius 1 is 1.19 bits per heavy atom. The van der Waals surface area contributed by atoms with Gasteiger partial charge >= 0.3 is 0 Å². The first-order valence-electron chi connectivity index (χ1n) is 11.3. The van der Waals surface area contributed by atoms with Gasteiger partial charge in [-0.3, -0.25) is 0 Å². The third-order valence-electron chi connectivity index (χ3n) is 7.09. The summed E-state index contributed by atoms with van der Waals surface area (Å²) in [5.41, 5.74) is 4.15. The highest BCUT2D eigenvalue weighted by Gasteiger charge is 2.35. The van der Waals surface area contributed by atoms with Gasteiger partial charge in [0.15, 0.2) is 0 Å². The summed E-state index contributed by atoms with van der Waals surface area (Å²) in [6, 6.07) is 9.26. The molecule has 0 amide bonds. The number of methoxy groups -OCH3 is 1. The van der Waals surface area contributed by atoms with Crippen molar-refractivity contribution in [2.45, 2.75) is 57.5 Å². The highest BCUT2D eigenvalue weighted by molar-refractivity contribution is 5.86. The van der Waals surface area contributed by atoms with Crippen molar-refractivity contribution in [2.24, 2.45) is 0 Å². The van der Waals surface area contributed by atoms with Gasteiger partial charge in [0.2, 0.25) is 0 Å². The number of ether oxygens (including phenoxy) is 2. The number of aromatic nitrogens is 3. The molecule has 0 radical (unpaired) electrons. The second kappa shape index (κ2) is 7.21. The first-order valence-corrected chi connectivity index (χ1v) is 11.3. The van der Waals surface area contributed by atoms with Crippen molar-refractivity contribution in [3.8, 4) is 17.1 Å². The van der Waals surface area contributed by atoms with Gasteiger partial charge in [-0.15, -0.1) is 0 Å². The number of pyridine rings is 1. The zero-order chi connectivity index (χ0) is 21.1. The van der Waals surface area contributed by atoms with E-state index in [1.54, 1.807) is 7.11 Å². The van der Waals surface area contributed by atoms with E-state index in [1.807, 2.05) is 24.4 Å². The molecule has 3 aliphatic rings. The Bertz CT molecular complexity index is 1140. The van der Waals surface area contributed by atoms with Crippen LogP contribution in [-0.2, 0) is 11.3 Å². The van der Waals surface area contributed by atoms with Crippen molar-refractivity contribution < 1.29 is 10.9 Å². The van der Waals surface area contributed by atoms with Gasteiger partial charge < -0.3 is 24.3 Å². The number of fused-ring (bicyclic) bond motifs is 9. The zero-order valence-electron chi connectivity index (χ0n) is 18.3. The second-order valence-electron chi connectivity index (χ2n) is 9.10. The molecular weight excluding hydrogens is 390 g/mol. The van der Waals surface area contributed by atoms with Crippen LogP contribution in [0.2, 0.25) is 0 Å². The molecule has 7 heteroatoms. The SMILES string of the molecule is COc1cccc2nc3n(c12)CC1CNC[C@@H](O1)c1cc-3cnc1N1[C@@H](C)CC[C@@H]1C.[HH]. The van der Waals surface area contributed by atoms with Crippen LogP contribution >= 0.6 is 0 Å². The number of morpholine rings is 1.